The van der Waals surface area contributed by atoms with Gasteiger partial charge in [0.05, 0.1) is 19.3 Å². The maximum absolute atomic E-state index is 12.3. The van der Waals surface area contributed by atoms with Crippen LogP contribution >= 0.6 is 23.1 Å². The number of guanidine groups is 2. The summed E-state index contributed by atoms with van der Waals surface area (Å²) in [6.07, 6.45) is 1.56. The van der Waals surface area contributed by atoms with Gasteiger partial charge < -0.3 is 16.2 Å². The lowest BCUT2D eigenvalue weighted by Crippen LogP contribution is -2.52. The van der Waals surface area contributed by atoms with Crippen LogP contribution in [-0.4, -0.2) is 61.6 Å². The Hall–Kier alpha value is -2.06. The predicted octanol–water partition coefficient (Wildman–Crippen LogP) is 0.590. The first-order chi connectivity index (χ1) is 13.4. The molecule has 0 radical (unpaired) electrons. The summed E-state index contributed by atoms with van der Waals surface area (Å²) in [5.41, 5.74) is 11.5. The SMILES string of the molecule is CCCCN1C(=NCCSCc2csc(N=C(N)N)n2)NC(OC)=NS1(=O)=O. The third kappa shape index (κ3) is 6.53. The van der Waals surface area contributed by atoms with Crippen molar-refractivity contribution in [1.82, 2.24) is 14.6 Å². The largest absolute Gasteiger partial charge is 0.468 e. The summed E-state index contributed by atoms with van der Waals surface area (Å²) in [4.78, 5) is 12.6. The van der Waals surface area contributed by atoms with E-state index in [4.69, 9.17) is 16.2 Å². The summed E-state index contributed by atoms with van der Waals surface area (Å²) in [5.74, 6) is 1.56. The van der Waals surface area contributed by atoms with Crippen molar-refractivity contribution < 1.29 is 13.2 Å². The number of nitrogens with one attached hydrogen (secondary N) is 1. The third-order valence-electron chi connectivity index (χ3n) is 3.35. The van der Waals surface area contributed by atoms with E-state index in [-0.39, 0.29) is 17.9 Å². The number of unbranched alkanes of at least 4 members (excludes halogenated alkanes) is 1. The van der Waals surface area contributed by atoms with Gasteiger partial charge in [-0.1, -0.05) is 17.7 Å². The van der Waals surface area contributed by atoms with E-state index in [1.807, 2.05) is 12.3 Å². The molecule has 14 heteroatoms. The number of aliphatic imine (C=N–C) groups is 2. The van der Waals surface area contributed by atoms with E-state index >= 15 is 0 Å². The van der Waals surface area contributed by atoms with Gasteiger partial charge in [-0.25, -0.2) is 9.29 Å². The highest BCUT2D eigenvalue weighted by Gasteiger charge is 2.31. The average Bonchev–Trinajstić information content (AvgIpc) is 3.06. The molecule has 0 aliphatic carbocycles. The Labute approximate surface area is 172 Å². The number of hydrogen-bond acceptors (Lipinski definition) is 8. The number of amidine groups is 1. The van der Waals surface area contributed by atoms with Crippen LogP contribution in [0.4, 0.5) is 5.13 Å². The van der Waals surface area contributed by atoms with Gasteiger partial charge in [-0.05, 0) is 6.42 Å². The van der Waals surface area contributed by atoms with Crippen LogP contribution in [0.5, 0.6) is 0 Å². The molecular weight excluding hydrogens is 424 g/mol. The summed E-state index contributed by atoms with van der Waals surface area (Å²) < 4.78 is 34.3. The smallest absolute Gasteiger partial charge is 0.351 e. The molecule has 0 amide bonds. The summed E-state index contributed by atoms with van der Waals surface area (Å²) in [5, 5.41) is 5.23. The van der Waals surface area contributed by atoms with Crippen LogP contribution in [0.2, 0.25) is 0 Å². The standard InChI is InChI=1S/C14H24N8O3S3/c1-3-4-6-22-12(20-13(25-2)21-28(22,23)24)17-5-7-26-8-10-9-27-14(18-10)19-11(15)16/h9H,3-8H2,1-2H3,(H,17,20,21)(H4,15,16,18,19). The molecule has 1 aromatic rings. The number of aromatic nitrogens is 1. The molecule has 2 heterocycles. The van der Waals surface area contributed by atoms with Gasteiger partial charge in [0, 0.05) is 23.4 Å². The second-order valence-electron chi connectivity index (χ2n) is 5.55. The first kappa shape index (κ1) is 22.2. The topological polar surface area (TPSA) is 161 Å². The fourth-order valence-electron chi connectivity index (χ4n) is 2.09. The maximum atomic E-state index is 12.3. The van der Waals surface area contributed by atoms with Gasteiger partial charge in [0.25, 0.3) is 0 Å². The minimum atomic E-state index is -3.84. The van der Waals surface area contributed by atoms with E-state index in [0.717, 1.165) is 12.1 Å². The van der Waals surface area contributed by atoms with Crippen molar-refractivity contribution in [2.24, 2.45) is 25.8 Å². The number of hydrogen-bond donors (Lipinski definition) is 3. The predicted molar refractivity (Wildman–Crippen MR) is 114 cm³/mol. The molecule has 1 aliphatic heterocycles. The van der Waals surface area contributed by atoms with Crippen molar-refractivity contribution >= 4 is 56.4 Å². The highest BCUT2D eigenvalue weighted by atomic mass is 32.2. The molecule has 0 bridgehead atoms. The Morgan fingerprint density at radius 3 is 2.93 bits per heavy atom. The van der Waals surface area contributed by atoms with E-state index in [2.05, 4.69) is 24.7 Å². The third-order valence-corrected chi connectivity index (χ3v) is 6.41. The fourth-order valence-corrected chi connectivity index (χ4v) is 4.73. The molecule has 5 N–H and O–H groups in total. The van der Waals surface area contributed by atoms with Crippen molar-refractivity contribution in [3.05, 3.63) is 11.1 Å². The van der Waals surface area contributed by atoms with Crippen LogP contribution in [0.3, 0.4) is 0 Å². The number of thiazole rings is 1. The number of nitrogens with zero attached hydrogens (tertiary/aromatic N) is 5. The number of methoxy groups -OCH3 is 1. The maximum Gasteiger partial charge on any atom is 0.351 e. The summed E-state index contributed by atoms with van der Waals surface area (Å²) in [6, 6.07) is -0.0890. The molecule has 156 valence electrons. The van der Waals surface area contributed by atoms with Gasteiger partial charge in [0.2, 0.25) is 11.1 Å². The summed E-state index contributed by atoms with van der Waals surface area (Å²) in [7, 11) is -2.50. The van der Waals surface area contributed by atoms with Gasteiger partial charge >= 0.3 is 16.2 Å². The zero-order valence-electron chi connectivity index (χ0n) is 15.7. The second kappa shape index (κ2) is 10.5. The van der Waals surface area contributed by atoms with E-state index in [1.54, 1.807) is 11.8 Å². The Kier molecular flexibility index (Phi) is 8.32. The molecule has 0 atom stereocenters. The number of rotatable bonds is 9. The molecular formula is C14H24N8O3S3. The van der Waals surface area contributed by atoms with Crippen molar-refractivity contribution in [1.29, 1.82) is 0 Å². The normalized spacial score (nSPS) is 17.1. The van der Waals surface area contributed by atoms with E-state index < -0.39 is 10.2 Å². The van der Waals surface area contributed by atoms with Gasteiger partial charge in [0.1, 0.15) is 0 Å². The van der Waals surface area contributed by atoms with Gasteiger partial charge in [-0.2, -0.15) is 25.2 Å². The van der Waals surface area contributed by atoms with E-state index in [1.165, 1.54) is 22.8 Å². The molecule has 0 unspecified atom stereocenters. The van der Waals surface area contributed by atoms with Crippen LogP contribution in [0.1, 0.15) is 25.5 Å². The zero-order chi connectivity index (χ0) is 20.6. The van der Waals surface area contributed by atoms with Crippen LogP contribution in [-0.2, 0) is 20.7 Å². The molecule has 0 aromatic carbocycles. The van der Waals surface area contributed by atoms with Crippen LogP contribution in [0.25, 0.3) is 0 Å². The highest BCUT2D eigenvalue weighted by Crippen LogP contribution is 2.21. The lowest BCUT2D eigenvalue weighted by molar-refractivity contribution is 0.383. The van der Waals surface area contributed by atoms with Crippen molar-refractivity contribution in [2.75, 3.05) is 26.0 Å². The molecule has 1 aromatic heterocycles. The van der Waals surface area contributed by atoms with Crippen molar-refractivity contribution in [3.63, 3.8) is 0 Å². The monoisotopic (exact) mass is 448 g/mol. The molecule has 28 heavy (non-hydrogen) atoms. The van der Waals surface area contributed by atoms with E-state index in [9.17, 15) is 8.42 Å². The molecule has 0 spiro atoms. The summed E-state index contributed by atoms with van der Waals surface area (Å²) in [6.45, 7) is 2.72. The van der Waals surface area contributed by atoms with E-state index in [0.29, 0.717) is 36.1 Å². The molecule has 0 saturated heterocycles. The van der Waals surface area contributed by atoms with Gasteiger partial charge in [0.15, 0.2) is 5.96 Å². The lowest BCUT2D eigenvalue weighted by Gasteiger charge is -2.27. The average molecular weight is 449 g/mol. The van der Waals surface area contributed by atoms with Crippen LogP contribution < -0.4 is 16.8 Å². The Bertz CT molecular complexity index is 846. The molecule has 0 fully saturated rings. The van der Waals surface area contributed by atoms with Crippen LogP contribution in [0, 0.1) is 0 Å². The quantitative estimate of drug-likeness (QED) is 0.281. The minimum Gasteiger partial charge on any atom is -0.468 e. The van der Waals surface area contributed by atoms with Crippen LogP contribution in [0.15, 0.2) is 19.8 Å². The van der Waals surface area contributed by atoms with Gasteiger partial charge in [-0.3, -0.25) is 10.3 Å². The number of nitrogens with two attached hydrogens (primary N) is 2. The second-order valence-corrected chi connectivity index (χ2v) is 9.01. The zero-order valence-corrected chi connectivity index (χ0v) is 18.1. The lowest BCUT2D eigenvalue weighted by atomic mass is 10.3. The Morgan fingerprint density at radius 1 is 1.46 bits per heavy atom. The van der Waals surface area contributed by atoms with Crippen molar-refractivity contribution in [3.8, 4) is 0 Å². The summed E-state index contributed by atoms with van der Waals surface area (Å²) >= 11 is 2.99. The van der Waals surface area contributed by atoms with Crippen molar-refractivity contribution in [2.45, 2.75) is 25.5 Å². The molecule has 2 rings (SSSR count). The fraction of sp³-hybridized carbons (Fsp3) is 0.571. The number of thioether (sulfide) groups is 1. The molecule has 1 aliphatic rings. The molecule has 11 nitrogen and oxygen atoms in total. The highest BCUT2D eigenvalue weighted by molar-refractivity contribution is 7.98. The minimum absolute atomic E-state index is 0.0223. The first-order valence-corrected chi connectivity index (χ1v) is 11.9. The Balaban J connectivity index is 1.92. The Morgan fingerprint density at radius 2 is 2.25 bits per heavy atom. The first-order valence-electron chi connectivity index (χ1n) is 8.45. The number of ether oxygens (including phenoxy) is 1. The molecule has 0 saturated carbocycles. The van der Waals surface area contributed by atoms with Gasteiger partial charge in [-0.15, -0.1) is 11.3 Å².